The molecule has 0 amide bonds. The summed E-state index contributed by atoms with van der Waals surface area (Å²) in [7, 11) is 1.47. The first-order valence-corrected chi connectivity index (χ1v) is 7.74. The molecule has 0 spiro atoms. The standard InChI is InChI=1S/C15H30N2O2/c1-4-9-16-14(15(18)19-3)12-17-10-6-7-13(5-2)8-11-17/h13-14,16H,4-12H2,1-3H3. The molecule has 1 fully saturated rings. The molecule has 112 valence electrons. The van der Waals surface area contributed by atoms with Gasteiger partial charge in [-0.1, -0.05) is 20.3 Å². The third-order valence-electron chi connectivity index (χ3n) is 4.08. The van der Waals surface area contributed by atoms with Crippen molar-refractivity contribution >= 4 is 5.97 Å². The maximum atomic E-state index is 11.8. The summed E-state index contributed by atoms with van der Waals surface area (Å²) in [5.41, 5.74) is 0. The highest BCUT2D eigenvalue weighted by Gasteiger charge is 2.23. The number of nitrogens with zero attached hydrogens (tertiary/aromatic N) is 1. The van der Waals surface area contributed by atoms with Gasteiger partial charge in [-0.3, -0.25) is 4.79 Å². The van der Waals surface area contributed by atoms with Crippen molar-refractivity contribution in [2.45, 2.75) is 52.0 Å². The van der Waals surface area contributed by atoms with Gasteiger partial charge < -0.3 is 15.0 Å². The van der Waals surface area contributed by atoms with Gasteiger partial charge in [-0.15, -0.1) is 0 Å². The van der Waals surface area contributed by atoms with Crippen molar-refractivity contribution in [1.82, 2.24) is 10.2 Å². The molecule has 4 heteroatoms. The van der Waals surface area contributed by atoms with Gasteiger partial charge >= 0.3 is 5.97 Å². The molecule has 1 aliphatic rings. The molecule has 0 aromatic rings. The van der Waals surface area contributed by atoms with E-state index in [1.54, 1.807) is 0 Å². The first-order valence-electron chi connectivity index (χ1n) is 7.74. The van der Waals surface area contributed by atoms with E-state index in [1.807, 2.05) is 0 Å². The van der Waals surface area contributed by atoms with Crippen LogP contribution in [0.2, 0.25) is 0 Å². The molecule has 0 aromatic carbocycles. The first-order chi connectivity index (χ1) is 9.21. The molecule has 0 saturated carbocycles. The number of carbonyl (C=O) groups is 1. The first kappa shape index (κ1) is 16.4. The van der Waals surface area contributed by atoms with Crippen LogP contribution in [0.4, 0.5) is 0 Å². The van der Waals surface area contributed by atoms with Gasteiger partial charge in [0.25, 0.3) is 0 Å². The molecule has 0 aromatic heterocycles. The van der Waals surface area contributed by atoms with Gasteiger partial charge in [0.2, 0.25) is 0 Å². The zero-order valence-electron chi connectivity index (χ0n) is 12.8. The number of likely N-dealkylation sites (tertiary alicyclic amines) is 1. The smallest absolute Gasteiger partial charge is 0.324 e. The van der Waals surface area contributed by atoms with Crippen LogP contribution in [0.3, 0.4) is 0 Å². The zero-order chi connectivity index (χ0) is 14.1. The van der Waals surface area contributed by atoms with Crippen molar-refractivity contribution < 1.29 is 9.53 Å². The van der Waals surface area contributed by atoms with Crippen LogP contribution in [0, 0.1) is 5.92 Å². The lowest BCUT2D eigenvalue weighted by Crippen LogP contribution is -2.47. The Labute approximate surface area is 117 Å². The van der Waals surface area contributed by atoms with Crippen molar-refractivity contribution in [3.05, 3.63) is 0 Å². The van der Waals surface area contributed by atoms with Crippen LogP contribution in [0.1, 0.15) is 46.0 Å². The molecule has 1 N–H and O–H groups in total. The largest absolute Gasteiger partial charge is 0.468 e. The fraction of sp³-hybridized carbons (Fsp3) is 0.933. The molecular weight excluding hydrogens is 240 g/mol. The summed E-state index contributed by atoms with van der Waals surface area (Å²) in [4.78, 5) is 14.2. The van der Waals surface area contributed by atoms with E-state index >= 15 is 0 Å². The minimum absolute atomic E-state index is 0.135. The number of methoxy groups -OCH3 is 1. The minimum atomic E-state index is -0.178. The Morgan fingerprint density at radius 3 is 2.79 bits per heavy atom. The van der Waals surface area contributed by atoms with Gasteiger partial charge in [-0.2, -0.15) is 0 Å². The molecule has 4 nitrogen and oxygen atoms in total. The Hall–Kier alpha value is -0.610. The van der Waals surface area contributed by atoms with E-state index in [2.05, 4.69) is 24.1 Å². The van der Waals surface area contributed by atoms with E-state index < -0.39 is 0 Å². The van der Waals surface area contributed by atoms with Gasteiger partial charge in [0, 0.05) is 6.54 Å². The van der Waals surface area contributed by atoms with Gasteiger partial charge in [0.15, 0.2) is 0 Å². The second kappa shape index (κ2) is 9.32. The SMILES string of the molecule is CCCNC(CN1CCCC(CC)CC1)C(=O)OC. The monoisotopic (exact) mass is 270 g/mol. The maximum absolute atomic E-state index is 11.8. The van der Waals surface area contributed by atoms with Crippen molar-refractivity contribution in [2.24, 2.45) is 5.92 Å². The molecule has 0 aliphatic carbocycles. The van der Waals surface area contributed by atoms with E-state index in [-0.39, 0.29) is 12.0 Å². The third-order valence-corrected chi connectivity index (χ3v) is 4.08. The van der Waals surface area contributed by atoms with Crippen LogP contribution < -0.4 is 5.32 Å². The molecule has 0 bridgehead atoms. The summed E-state index contributed by atoms with van der Waals surface area (Å²) in [6.07, 6.45) is 6.16. The van der Waals surface area contributed by atoms with Gasteiger partial charge in [0.05, 0.1) is 7.11 Å². The lowest BCUT2D eigenvalue weighted by Gasteiger charge is -2.25. The van der Waals surface area contributed by atoms with Gasteiger partial charge in [-0.25, -0.2) is 0 Å². The number of esters is 1. The van der Waals surface area contributed by atoms with Gasteiger partial charge in [-0.05, 0) is 51.2 Å². The molecular formula is C15H30N2O2. The number of rotatable bonds is 7. The predicted molar refractivity (Wildman–Crippen MR) is 78.2 cm³/mol. The fourth-order valence-electron chi connectivity index (χ4n) is 2.76. The van der Waals surface area contributed by atoms with Crippen LogP contribution in [0.25, 0.3) is 0 Å². The normalized spacial score (nSPS) is 22.8. The van der Waals surface area contributed by atoms with Crippen molar-refractivity contribution in [3.63, 3.8) is 0 Å². The van der Waals surface area contributed by atoms with Gasteiger partial charge in [0.1, 0.15) is 6.04 Å². The Bertz CT molecular complexity index is 259. The number of carbonyl (C=O) groups excluding carboxylic acids is 1. The molecule has 1 saturated heterocycles. The Morgan fingerprint density at radius 2 is 2.16 bits per heavy atom. The Balaban J connectivity index is 2.45. The number of hydrogen-bond acceptors (Lipinski definition) is 4. The summed E-state index contributed by atoms with van der Waals surface area (Å²) in [5.74, 6) is 0.731. The average molecular weight is 270 g/mol. The Morgan fingerprint density at radius 1 is 1.37 bits per heavy atom. The second-order valence-electron chi connectivity index (χ2n) is 5.54. The van der Waals surface area contributed by atoms with Crippen LogP contribution in [0.15, 0.2) is 0 Å². The van der Waals surface area contributed by atoms with Crippen LogP contribution >= 0.6 is 0 Å². The average Bonchev–Trinajstić information content (AvgIpc) is 2.67. The van der Waals surface area contributed by atoms with E-state index in [9.17, 15) is 4.79 Å². The molecule has 1 rings (SSSR count). The van der Waals surface area contributed by atoms with E-state index in [4.69, 9.17) is 4.74 Å². The highest BCUT2D eigenvalue weighted by atomic mass is 16.5. The topological polar surface area (TPSA) is 41.6 Å². The zero-order valence-corrected chi connectivity index (χ0v) is 12.8. The lowest BCUT2D eigenvalue weighted by molar-refractivity contribution is -0.143. The molecule has 2 atom stereocenters. The predicted octanol–water partition coefficient (Wildman–Crippen LogP) is 2.04. The minimum Gasteiger partial charge on any atom is -0.468 e. The van der Waals surface area contributed by atoms with E-state index in [0.717, 1.165) is 38.5 Å². The third kappa shape index (κ3) is 5.91. The van der Waals surface area contributed by atoms with E-state index in [0.29, 0.717) is 0 Å². The summed E-state index contributed by atoms with van der Waals surface area (Å²) >= 11 is 0. The highest BCUT2D eigenvalue weighted by Crippen LogP contribution is 2.20. The second-order valence-corrected chi connectivity index (χ2v) is 5.54. The summed E-state index contributed by atoms with van der Waals surface area (Å²) in [6.45, 7) is 8.26. The molecule has 0 radical (unpaired) electrons. The quantitative estimate of drug-likeness (QED) is 0.719. The number of ether oxygens (including phenoxy) is 1. The highest BCUT2D eigenvalue weighted by molar-refractivity contribution is 5.75. The van der Waals surface area contributed by atoms with Crippen LogP contribution in [-0.2, 0) is 9.53 Å². The number of nitrogens with one attached hydrogen (secondary N) is 1. The summed E-state index contributed by atoms with van der Waals surface area (Å²) in [6, 6.07) is -0.178. The molecule has 19 heavy (non-hydrogen) atoms. The number of hydrogen-bond donors (Lipinski definition) is 1. The van der Waals surface area contributed by atoms with E-state index in [1.165, 1.54) is 32.8 Å². The lowest BCUT2D eigenvalue weighted by atomic mass is 9.98. The van der Waals surface area contributed by atoms with Crippen molar-refractivity contribution in [3.8, 4) is 0 Å². The molecule has 1 heterocycles. The van der Waals surface area contributed by atoms with Crippen LogP contribution in [0.5, 0.6) is 0 Å². The molecule has 1 aliphatic heterocycles. The fourth-order valence-corrected chi connectivity index (χ4v) is 2.76. The summed E-state index contributed by atoms with van der Waals surface area (Å²) < 4.78 is 4.90. The molecule has 2 unspecified atom stereocenters. The van der Waals surface area contributed by atoms with Crippen molar-refractivity contribution in [2.75, 3.05) is 33.3 Å². The van der Waals surface area contributed by atoms with Crippen molar-refractivity contribution in [1.29, 1.82) is 0 Å². The Kier molecular flexibility index (Phi) is 8.07. The summed E-state index contributed by atoms with van der Waals surface area (Å²) in [5, 5.41) is 3.30. The maximum Gasteiger partial charge on any atom is 0.324 e. The van der Waals surface area contributed by atoms with Crippen LogP contribution in [-0.4, -0.2) is 50.2 Å².